The monoisotopic (exact) mass is 555 g/mol. The molecule has 4 aliphatic rings. The SMILES string of the molecule is C=CC(=O)N1CCN2C(=O)c3c(N4CCN(C)C5(CCC5)C4)nc(-c4c(O)cccc4F)c(Cl)c3OCC2C1. The van der Waals surface area contributed by atoms with Gasteiger partial charge in [0.2, 0.25) is 5.91 Å². The third-order valence-electron chi connectivity index (χ3n) is 8.75. The molecule has 3 aliphatic heterocycles. The van der Waals surface area contributed by atoms with E-state index >= 15 is 4.39 Å². The number of rotatable bonds is 3. The van der Waals surface area contributed by atoms with E-state index in [9.17, 15) is 14.7 Å². The Morgan fingerprint density at radius 3 is 2.74 bits per heavy atom. The number of likely N-dealkylation sites (N-methyl/N-ethyl adjacent to an activating group) is 1. The minimum atomic E-state index is -0.680. The van der Waals surface area contributed by atoms with Gasteiger partial charge in [0, 0.05) is 44.8 Å². The lowest BCUT2D eigenvalue weighted by molar-refractivity contribution is -0.128. The minimum Gasteiger partial charge on any atom is -0.507 e. The normalized spacial score (nSPS) is 22.5. The maximum absolute atomic E-state index is 15.1. The number of aromatic hydroxyl groups is 1. The molecule has 2 saturated heterocycles. The van der Waals surface area contributed by atoms with Crippen molar-refractivity contribution in [3.63, 3.8) is 0 Å². The van der Waals surface area contributed by atoms with Crippen molar-refractivity contribution in [3.05, 3.63) is 47.3 Å². The zero-order chi connectivity index (χ0) is 27.5. The van der Waals surface area contributed by atoms with Gasteiger partial charge in [0.1, 0.15) is 40.3 Å². The second kappa shape index (κ2) is 9.67. The van der Waals surface area contributed by atoms with Crippen LogP contribution in [0.15, 0.2) is 30.9 Å². The van der Waals surface area contributed by atoms with Crippen LogP contribution < -0.4 is 9.64 Å². The van der Waals surface area contributed by atoms with E-state index in [2.05, 4.69) is 23.4 Å². The van der Waals surface area contributed by atoms with E-state index in [0.29, 0.717) is 38.5 Å². The average molecular weight is 556 g/mol. The van der Waals surface area contributed by atoms with Gasteiger partial charge in [-0.05, 0) is 44.5 Å². The molecule has 39 heavy (non-hydrogen) atoms. The van der Waals surface area contributed by atoms with Gasteiger partial charge >= 0.3 is 0 Å². The number of amides is 2. The summed E-state index contributed by atoms with van der Waals surface area (Å²) in [6, 6.07) is 3.61. The molecule has 3 fully saturated rings. The average Bonchev–Trinajstić information content (AvgIpc) is 3.05. The fourth-order valence-electron chi connectivity index (χ4n) is 6.29. The summed E-state index contributed by atoms with van der Waals surface area (Å²) in [5.74, 6) is -0.970. The number of carbonyl (C=O) groups is 2. The predicted molar refractivity (Wildman–Crippen MR) is 145 cm³/mol. The molecule has 1 aromatic heterocycles. The van der Waals surface area contributed by atoms with Gasteiger partial charge in [-0.25, -0.2) is 9.37 Å². The van der Waals surface area contributed by atoms with Gasteiger partial charge in [0.05, 0.1) is 11.6 Å². The number of hydrogen-bond donors (Lipinski definition) is 1. The Labute approximate surface area is 231 Å². The van der Waals surface area contributed by atoms with Gasteiger partial charge in [-0.1, -0.05) is 24.2 Å². The highest BCUT2D eigenvalue weighted by molar-refractivity contribution is 6.35. The number of piperazine rings is 2. The Hall–Kier alpha value is -3.37. The molecule has 11 heteroatoms. The smallest absolute Gasteiger partial charge is 0.261 e. The topological polar surface area (TPSA) is 89.5 Å². The molecule has 1 saturated carbocycles. The third kappa shape index (κ3) is 4.12. The largest absolute Gasteiger partial charge is 0.507 e. The fraction of sp³-hybridized carbons (Fsp3) is 0.464. The number of benzene rings is 1. The van der Waals surface area contributed by atoms with Gasteiger partial charge in [-0.15, -0.1) is 0 Å². The third-order valence-corrected chi connectivity index (χ3v) is 9.10. The van der Waals surface area contributed by atoms with E-state index in [-0.39, 0.29) is 57.3 Å². The maximum atomic E-state index is 15.1. The summed E-state index contributed by atoms with van der Waals surface area (Å²) in [5.41, 5.74) is 0.115. The molecular formula is C28H31ClFN5O4. The molecule has 1 atom stereocenters. The van der Waals surface area contributed by atoms with Crippen LogP contribution in [-0.4, -0.2) is 101 Å². The molecule has 0 radical (unpaired) electrons. The number of halogens is 2. The molecule has 9 nitrogen and oxygen atoms in total. The molecule has 206 valence electrons. The van der Waals surface area contributed by atoms with Gasteiger partial charge in [0.15, 0.2) is 5.75 Å². The van der Waals surface area contributed by atoms with Crippen molar-refractivity contribution < 1.29 is 23.8 Å². The Bertz CT molecular complexity index is 1350. The number of carbonyl (C=O) groups excluding carboxylic acids is 2. The molecule has 1 aromatic carbocycles. The van der Waals surface area contributed by atoms with Crippen LogP contribution in [-0.2, 0) is 4.79 Å². The lowest BCUT2D eigenvalue weighted by Gasteiger charge is -2.55. The Morgan fingerprint density at radius 2 is 2.05 bits per heavy atom. The maximum Gasteiger partial charge on any atom is 0.261 e. The second-order valence-corrected chi connectivity index (χ2v) is 11.2. The molecular weight excluding hydrogens is 525 g/mol. The molecule has 1 spiro atoms. The summed E-state index contributed by atoms with van der Waals surface area (Å²) in [4.78, 5) is 39.1. The number of anilines is 1. The van der Waals surface area contributed by atoms with Gasteiger partial charge < -0.3 is 24.5 Å². The van der Waals surface area contributed by atoms with Crippen LogP contribution in [0.25, 0.3) is 11.3 Å². The predicted octanol–water partition coefficient (Wildman–Crippen LogP) is 3.15. The highest BCUT2D eigenvalue weighted by atomic mass is 35.5. The van der Waals surface area contributed by atoms with Crippen LogP contribution in [0.1, 0.15) is 29.6 Å². The molecule has 1 unspecified atom stereocenters. The van der Waals surface area contributed by atoms with Crippen molar-refractivity contribution in [1.29, 1.82) is 0 Å². The quantitative estimate of drug-likeness (QED) is 0.582. The zero-order valence-electron chi connectivity index (χ0n) is 21.8. The first-order valence-corrected chi connectivity index (χ1v) is 13.6. The van der Waals surface area contributed by atoms with Crippen LogP contribution in [0.5, 0.6) is 11.5 Å². The first kappa shape index (κ1) is 25.9. The van der Waals surface area contributed by atoms with E-state index in [0.717, 1.165) is 25.8 Å². The fourth-order valence-corrected chi connectivity index (χ4v) is 6.57. The van der Waals surface area contributed by atoms with E-state index in [4.69, 9.17) is 21.3 Å². The second-order valence-electron chi connectivity index (χ2n) is 10.8. The highest BCUT2D eigenvalue weighted by Gasteiger charge is 2.47. The Morgan fingerprint density at radius 1 is 1.26 bits per heavy atom. The number of ether oxygens (including phenoxy) is 1. The summed E-state index contributed by atoms with van der Waals surface area (Å²) in [7, 11) is 2.12. The van der Waals surface area contributed by atoms with Gasteiger partial charge in [0.25, 0.3) is 5.91 Å². The molecule has 1 aliphatic carbocycles. The number of phenols is 1. The van der Waals surface area contributed by atoms with E-state index in [1.54, 1.807) is 9.80 Å². The highest BCUT2D eigenvalue weighted by Crippen LogP contribution is 2.47. The van der Waals surface area contributed by atoms with Crippen molar-refractivity contribution in [2.75, 3.05) is 57.8 Å². The Balaban J connectivity index is 1.49. The minimum absolute atomic E-state index is 0.0133. The molecule has 2 aromatic rings. The van der Waals surface area contributed by atoms with Crippen LogP contribution in [0.4, 0.5) is 10.2 Å². The first-order chi connectivity index (χ1) is 18.7. The summed E-state index contributed by atoms with van der Waals surface area (Å²) in [5, 5.41) is 10.6. The molecule has 2 amide bonds. The lowest BCUT2D eigenvalue weighted by Crippen LogP contribution is -2.64. The first-order valence-electron chi connectivity index (χ1n) is 13.3. The van der Waals surface area contributed by atoms with Crippen LogP contribution >= 0.6 is 11.6 Å². The van der Waals surface area contributed by atoms with E-state index < -0.39 is 11.9 Å². The Kier molecular flexibility index (Phi) is 6.42. The van der Waals surface area contributed by atoms with Crippen molar-refractivity contribution in [2.24, 2.45) is 0 Å². The van der Waals surface area contributed by atoms with Crippen LogP contribution in [0.3, 0.4) is 0 Å². The summed E-state index contributed by atoms with van der Waals surface area (Å²) < 4.78 is 21.3. The molecule has 6 rings (SSSR count). The summed E-state index contributed by atoms with van der Waals surface area (Å²) >= 11 is 6.83. The molecule has 1 N–H and O–H groups in total. The standard InChI is InChI=1S/C28H31ClFN5O4/c1-3-20(37)33-12-13-35-17(14-33)15-39-25-22(27(35)38)26(34-11-10-32(2)28(16-34)8-5-9-28)31-24(23(25)29)21-18(30)6-4-7-19(21)36/h3-4,6-7,17,36H,1,5,8-16H2,2H3. The molecule has 0 bridgehead atoms. The number of nitrogens with zero attached hydrogens (tertiary/aromatic N) is 5. The van der Waals surface area contributed by atoms with Crippen molar-refractivity contribution in [2.45, 2.75) is 30.8 Å². The van der Waals surface area contributed by atoms with E-state index in [1.807, 2.05) is 0 Å². The van der Waals surface area contributed by atoms with Crippen molar-refractivity contribution in [1.82, 2.24) is 19.7 Å². The van der Waals surface area contributed by atoms with Crippen LogP contribution in [0.2, 0.25) is 5.02 Å². The number of pyridine rings is 1. The summed E-state index contributed by atoms with van der Waals surface area (Å²) in [6.45, 7) is 6.71. The van der Waals surface area contributed by atoms with Crippen molar-refractivity contribution >= 4 is 29.2 Å². The van der Waals surface area contributed by atoms with Crippen molar-refractivity contribution in [3.8, 4) is 22.8 Å². The van der Waals surface area contributed by atoms with Crippen LogP contribution in [0, 0.1) is 5.82 Å². The number of phenolic OH excluding ortho intramolecular Hbond substituents is 1. The van der Waals surface area contributed by atoms with E-state index in [1.165, 1.54) is 24.3 Å². The van der Waals surface area contributed by atoms with Gasteiger partial charge in [-0.3, -0.25) is 14.5 Å². The lowest BCUT2D eigenvalue weighted by atomic mass is 9.74. The number of hydrogen-bond acceptors (Lipinski definition) is 7. The number of fused-ring (bicyclic) bond motifs is 2. The molecule has 4 heterocycles. The zero-order valence-corrected chi connectivity index (χ0v) is 22.6. The number of aromatic nitrogens is 1. The van der Waals surface area contributed by atoms with Gasteiger partial charge in [-0.2, -0.15) is 0 Å². The summed E-state index contributed by atoms with van der Waals surface area (Å²) in [6.07, 6.45) is 4.49.